The fourth-order valence-corrected chi connectivity index (χ4v) is 1.68. The maximum absolute atomic E-state index is 11.6. The van der Waals surface area contributed by atoms with E-state index in [1.807, 2.05) is 31.2 Å². The SMILES string of the molecule is CCOc1ccc(C=C2C(=O)NC(=N)N2C)cc1. The van der Waals surface area contributed by atoms with Crippen molar-refractivity contribution in [3.8, 4) is 5.75 Å². The summed E-state index contributed by atoms with van der Waals surface area (Å²) in [5.74, 6) is 0.644. The van der Waals surface area contributed by atoms with E-state index >= 15 is 0 Å². The molecule has 0 atom stereocenters. The largest absolute Gasteiger partial charge is 0.494 e. The van der Waals surface area contributed by atoms with Crippen molar-refractivity contribution < 1.29 is 9.53 Å². The third-order valence-corrected chi connectivity index (χ3v) is 2.66. The molecule has 1 saturated heterocycles. The smallest absolute Gasteiger partial charge is 0.274 e. The Morgan fingerprint density at radius 2 is 2.06 bits per heavy atom. The third-order valence-electron chi connectivity index (χ3n) is 2.66. The first-order valence-corrected chi connectivity index (χ1v) is 5.70. The van der Waals surface area contributed by atoms with Gasteiger partial charge in [-0.1, -0.05) is 12.1 Å². The molecule has 1 aliphatic rings. The van der Waals surface area contributed by atoms with Crippen molar-refractivity contribution in [3.05, 3.63) is 35.5 Å². The lowest BCUT2D eigenvalue weighted by Gasteiger charge is -2.09. The number of guanidine groups is 1. The third kappa shape index (κ3) is 2.34. The minimum absolute atomic E-state index is 0.0946. The summed E-state index contributed by atoms with van der Waals surface area (Å²) in [4.78, 5) is 13.1. The summed E-state index contributed by atoms with van der Waals surface area (Å²) in [6, 6.07) is 7.46. The van der Waals surface area contributed by atoms with E-state index in [2.05, 4.69) is 5.32 Å². The van der Waals surface area contributed by atoms with Crippen LogP contribution in [0.4, 0.5) is 0 Å². The summed E-state index contributed by atoms with van der Waals surface area (Å²) in [5.41, 5.74) is 1.36. The fraction of sp³-hybridized carbons (Fsp3) is 0.231. The predicted octanol–water partition coefficient (Wildman–Crippen LogP) is 1.42. The van der Waals surface area contributed by atoms with E-state index in [9.17, 15) is 4.79 Å². The zero-order chi connectivity index (χ0) is 13.1. The second kappa shape index (κ2) is 4.91. The summed E-state index contributed by atoms with van der Waals surface area (Å²) >= 11 is 0. The number of hydrogen-bond donors (Lipinski definition) is 2. The predicted molar refractivity (Wildman–Crippen MR) is 69.2 cm³/mol. The van der Waals surface area contributed by atoms with Crippen LogP contribution in [0.25, 0.3) is 6.08 Å². The van der Waals surface area contributed by atoms with Gasteiger partial charge in [0.15, 0.2) is 0 Å². The summed E-state index contributed by atoms with van der Waals surface area (Å²) < 4.78 is 5.35. The van der Waals surface area contributed by atoms with Crippen LogP contribution in [0.5, 0.6) is 5.75 Å². The molecular formula is C13H15N3O2. The molecule has 1 heterocycles. The lowest BCUT2D eigenvalue weighted by molar-refractivity contribution is -0.115. The van der Waals surface area contributed by atoms with Crippen molar-refractivity contribution in [1.29, 1.82) is 5.41 Å². The molecule has 2 N–H and O–H groups in total. The number of hydrogen-bond acceptors (Lipinski definition) is 3. The van der Waals surface area contributed by atoms with Crippen molar-refractivity contribution in [2.45, 2.75) is 6.92 Å². The highest BCUT2D eigenvalue weighted by Crippen LogP contribution is 2.17. The molecule has 0 aliphatic carbocycles. The van der Waals surface area contributed by atoms with Crippen LogP contribution in [0.2, 0.25) is 0 Å². The summed E-state index contributed by atoms with van der Waals surface area (Å²) in [6.45, 7) is 2.56. The Morgan fingerprint density at radius 1 is 1.39 bits per heavy atom. The Kier molecular flexibility index (Phi) is 3.32. The van der Waals surface area contributed by atoms with Gasteiger partial charge in [0.2, 0.25) is 5.96 Å². The number of nitrogens with one attached hydrogen (secondary N) is 2. The van der Waals surface area contributed by atoms with Gasteiger partial charge in [-0.3, -0.25) is 15.5 Å². The quantitative estimate of drug-likeness (QED) is 0.791. The first kappa shape index (κ1) is 12.2. The van der Waals surface area contributed by atoms with Crippen molar-refractivity contribution in [1.82, 2.24) is 10.2 Å². The highest BCUT2D eigenvalue weighted by atomic mass is 16.5. The normalized spacial score (nSPS) is 17.2. The van der Waals surface area contributed by atoms with Crippen molar-refractivity contribution in [2.24, 2.45) is 0 Å². The van der Waals surface area contributed by atoms with E-state index in [0.717, 1.165) is 11.3 Å². The van der Waals surface area contributed by atoms with Crippen molar-refractivity contribution in [3.63, 3.8) is 0 Å². The van der Waals surface area contributed by atoms with E-state index < -0.39 is 0 Å². The Balaban J connectivity index is 2.22. The minimum Gasteiger partial charge on any atom is -0.494 e. The van der Waals surface area contributed by atoms with E-state index in [1.54, 1.807) is 13.1 Å². The van der Waals surface area contributed by atoms with Crippen molar-refractivity contribution in [2.75, 3.05) is 13.7 Å². The van der Waals surface area contributed by atoms with Crippen molar-refractivity contribution >= 4 is 17.9 Å². The maximum atomic E-state index is 11.6. The molecule has 0 bridgehead atoms. The lowest BCUT2D eigenvalue weighted by Crippen LogP contribution is -2.25. The number of benzene rings is 1. The molecule has 2 rings (SSSR count). The number of likely N-dealkylation sites (N-methyl/N-ethyl adjacent to an activating group) is 1. The van der Waals surface area contributed by atoms with Gasteiger partial charge in [-0.2, -0.15) is 0 Å². The number of ether oxygens (including phenoxy) is 1. The van der Waals surface area contributed by atoms with Gasteiger partial charge >= 0.3 is 0 Å². The van der Waals surface area contributed by atoms with Gasteiger partial charge < -0.3 is 9.64 Å². The van der Waals surface area contributed by atoms with E-state index in [4.69, 9.17) is 10.1 Å². The van der Waals surface area contributed by atoms with Gasteiger partial charge in [0.1, 0.15) is 11.4 Å². The number of rotatable bonds is 3. The molecule has 1 aromatic carbocycles. The lowest BCUT2D eigenvalue weighted by atomic mass is 10.2. The van der Waals surface area contributed by atoms with Gasteiger partial charge in [0.25, 0.3) is 5.91 Å². The van der Waals surface area contributed by atoms with Crippen LogP contribution < -0.4 is 10.1 Å². The van der Waals surface area contributed by atoms with Crippen LogP contribution in [0, 0.1) is 5.41 Å². The van der Waals surface area contributed by atoms with Gasteiger partial charge in [0, 0.05) is 7.05 Å². The number of amides is 1. The van der Waals surface area contributed by atoms with Crippen LogP contribution >= 0.6 is 0 Å². The Hall–Kier alpha value is -2.30. The highest BCUT2D eigenvalue weighted by molar-refractivity contribution is 6.14. The molecule has 1 amide bonds. The second-order valence-electron chi connectivity index (χ2n) is 3.89. The molecule has 0 saturated carbocycles. The molecule has 1 aliphatic heterocycles. The topological polar surface area (TPSA) is 65.4 Å². The summed E-state index contributed by atoms with van der Waals surface area (Å²) in [5, 5.41) is 9.95. The van der Waals surface area contributed by atoms with E-state index in [1.165, 1.54) is 4.90 Å². The van der Waals surface area contributed by atoms with E-state index in [0.29, 0.717) is 12.3 Å². The van der Waals surface area contributed by atoms with Crippen LogP contribution in [-0.2, 0) is 4.79 Å². The number of carbonyl (C=O) groups excluding carboxylic acids is 1. The van der Waals surface area contributed by atoms with E-state index in [-0.39, 0.29) is 11.9 Å². The monoisotopic (exact) mass is 245 g/mol. The van der Waals surface area contributed by atoms with Gasteiger partial charge in [-0.25, -0.2) is 0 Å². The zero-order valence-electron chi connectivity index (χ0n) is 10.4. The zero-order valence-corrected chi connectivity index (χ0v) is 10.4. The fourth-order valence-electron chi connectivity index (χ4n) is 1.68. The summed E-state index contributed by atoms with van der Waals surface area (Å²) in [6.07, 6.45) is 1.74. The number of nitrogens with zero attached hydrogens (tertiary/aromatic N) is 1. The number of carbonyl (C=O) groups is 1. The molecule has 94 valence electrons. The summed E-state index contributed by atoms with van der Waals surface area (Å²) in [7, 11) is 1.68. The Morgan fingerprint density at radius 3 is 2.56 bits per heavy atom. The Labute approximate surface area is 106 Å². The molecule has 1 fully saturated rings. The molecule has 5 nitrogen and oxygen atoms in total. The molecule has 0 aromatic heterocycles. The van der Waals surface area contributed by atoms with Crippen LogP contribution in [0.3, 0.4) is 0 Å². The first-order chi connectivity index (χ1) is 8.61. The maximum Gasteiger partial charge on any atom is 0.274 e. The standard InChI is InChI=1S/C13H15N3O2/c1-3-18-10-6-4-9(5-7-10)8-11-12(17)15-13(14)16(11)2/h4-8H,3H2,1-2H3,(H2,14,15,17). The molecule has 5 heteroatoms. The minimum atomic E-state index is -0.253. The average Bonchev–Trinajstić information content (AvgIpc) is 2.59. The van der Waals surface area contributed by atoms with Crippen LogP contribution in [-0.4, -0.2) is 30.4 Å². The molecule has 0 spiro atoms. The second-order valence-corrected chi connectivity index (χ2v) is 3.89. The van der Waals surface area contributed by atoms with Gasteiger partial charge in [0.05, 0.1) is 6.61 Å². The first-order valence-electron chi connectivity index (χ1n) is 5.70. The average molecular weight is 245 g/mol. The molecule has 18 heavy (non-hydrogen) atoms. The Bertz CT molecular complexity index is 505. The molecular weight excluding hydrogens is 230 g/mol. The molecule has 0 unspecified atom stereocenters. The van der Waals surface area contributed by atoms with Gasteiger partial charge in [-0.15, -0.1) is 0 Å². The highest BCUT2D eigenvalue weighted by Gasteiger charge is 2.26. The molecule has 1 aromatic rings. The van der Waals surface area contributed by atoms with Crippen LogP contribution in [0.15, 0.2) is 30.0 Å². The van der Waals surface area contributed by atoms with Gasteiger partial charge in [-0.05, 0) is 30.7 Å². The van der Waals surface area contributed by atoms with Crippen LogP contribution in [0.1, 0.15) is 12.5 Å². The molecule has 0 radical (unpaired) electrons.